The minimum atomic E-state index is -0.0812. The van der Waals surface area contributed by atoms with Crippen molar-refractivity contribution >= 4 is 5.82 Å². The molecule has 3 aromatic rings. The Balaban J connectivity index is 1.28. The first-order valence-electron chi connectivity index (χ1n) is 10.3. The summed E-state index contributed by atoms with van der Waals surface area (Å²) in [6.45, 7) is 6.27. The Kier molecular flexibility index (Phi) is 4.41. The SMILES string of the molecule is Cc1cc(C)n(-c2ccc(=O)n(CC3CN(c4cc5c(nn4)CCCC5)C3)n2)n1. The van der Waals surface area contributed by atoms with Crippen molar-refractivity contribution in [2.45, 2.75) is 46.1 Å². The van der Waals surface area contributed by atoms with Gasteiger partial charge in [0, 0.05) is 30.8 Å². The molecule has 3 aromatic heterocycles. The molecule has 0 radical (unpaired) electrons. The summed E-state index contributed by atoms with van der Waals surface area (Å²) in [7, 11) is 0. The van der Waals surface area contributed by atoms with Crippen molar-refractivity contribution in [1.82, 2.24) is 29.8 Å². The van der Waals surface area contributed by atoms with Gasteiger partial charge in [-0.2, -0.15) is 10.2 Å². The summed E-state index contributed by atoms with van der Waals surface area (Å²) >= 11 is 0. The van der Waals surface area contributed by atoms with E-state index in [2.05, 4.69) is 31.4 Å². The van der Waals surface area contributed by atoms with Gasteiger partial charge < -0.3 is 4.90 Å². The van der Waals surface area contributed by atoms with Crippen molar-refractivity contribution in [2.24, 2.45) is 5.92 Å². The lowest BCUT2D eigenvalue weighted by Gasteiger charge is -2.40. The van der Waals surface area contributed by atoms with Crippen molar-refractivity contribution in [3.63, 3.8) is 0 Å². The van der Waals surface area contributed by atoms with Gasteiger partial charge in [-0.05, 0) is 63.3 Å². The topological polar surface area (TPSA) is 81.7 Å². The molecule has 0 bridgehead atoms. The van der Waals surface area contributed by atoms with Crippen LogP contribution >= 0.6 is 0 Å². The number of anilines is 1. The summed E-state index contributed by atoms with van der Waals surface area (Å²) < 4.78 is 3.34. The molecule has 0 unspecified atom stereocenters. The lowest BCUT2D eigenvalue weighted by molar-refractivity contribution is 0.331. The fourth-order valence-corrected chi connectivity index (χ4v) is 4.29. The molecule has 8 heteroatoms. The highest BCUT2D eigenvalue weighted by Gasteiger charge is 2.29. The molecule has 2 aliphatic rings. The fraction of sp³-hybridized carbons (Fsp3) is 0.476. The second kappa shape index (κ2) is 7.09. The first-order chi connectivity index (χ1) is 14.1. The Morgan fingerprint density at radius 2 is 1.83 bits per heavy atom. The average Bonchev–Trinajstić information content (AvgIpc) is 3.03. The lowest BCUT2D eigenvalue weighted by Crippen LogP contribution is -2.50. The van der Waals surface area contributed by atoms with E-state index in [1.54, 1.807) is 21.5 Å². The number of aryl methyl sites for hydroxylation is 4. The number of hydrogen-bond acceptors (Lipinski definition) is 6. The van der Waals surface area contributed by atoms with Gasteiger partial charge in [0.1, 0.15) is 0 Å². The second-order valence-corrected chi connectivity index (χ2v) is 8.20. The lowest BCUT2D eigenvalue weighted by atomic mass is 9.95. The van der Waals surface area contributed by atoms with Gasteiger partial charge in [0.25, 0.3) is 5.56 Å². The molecule has 0 saturated carbocycles. The van der Waals surface area contributed by atoms with Crippen LogP contribution in [0.5, 0.6) is 0 Å². The van der Waals surface area contributed by atoms with E-state index in [0.29, 0.717) is 18.3 Å². The molecule has 1 aliphatic heterocycles. The van der Waals surface area contributed by atoms with Crippen molar-refractivity contribution in [2.75, 3.05) is 18.0 Å². The zero-order chi connectivity index (χ0) is 20.0. The maximum Gasteiger partial charge on any atom is 0.266 e. The smallest absolute Gasteiger partial charge is 0.266 e. The van der Waals surface area contributed by atoms with Crippen LogP contribution < -0.4 is 10.5 Å². The van der Waals surface area contributed by atoms with E-state index in [4.69, 9.17) is 0 Å². The Morgan fingerprint density at radius 1 is 1.00 bits per heavy atom. The van der Waals surface area contributed by atoms with Gasteiger partial charge in [0.2, 0.25) is 0 Å². The predicted molar refractivity (Wildman–Crippen MR) is 109 cm³/mol. The summed E-state index contributed by atoms with van der Waals surface area (Å²) in [5.74, 6) is 2.00. The highest BCUT2D eigenvalue weighted by Crippen LogP contribution is 2.27. The van der Waals surface area contributed by atoms with Gasteiger partial charge in [0.15, 0.2) is 11.6 Å². The van der Waals surface area contributed by atoms with E-state index < -0.39 is 0 Å². The minimum absolute atomic E-state index is 0.0812. The maximum absolute atomic E-state index is 12.3. The Bertz CT molecular complexity index is 1110. The van der Waals surface area contributed by atoms with Crippen molar-refractivity contribution in [3.05, 3.63) is 57.3 Å². The summed E-state index contributed by atoms with van der Waals surface area (Å²) in [5, 5.41) is 17.9. The summed E-state index contributed by atoms with van der Waals surface area (Å²) in [6.07, 6.45) is 4.60. The summed E-state index contributed by atoms with van der Waals surface area (Å²) in [5.41, 5.74) is 4.36. The molecular formula is C21H25N7O. The average molecular weight is 391 g/mol. The normalized spacial score (nSPS) is 16.6. The quantitative estimate of drug-likeness (QED) is 0.675. The van der Waals surface area contributed by atoms with Gasteiger partial charge >= 0.3 is 0 Å². The highest BCUT2D eigenvalue weighted by atomic mass is 16.1. The maximum atomic E-state index is 12.3. The Morgan fingerprint density at radius 3 is 2.62 bits per heavy atom. The van der Waals surface area contributed by atoms with Gasteiger partial charge in [-0.25, -0.2) is 9.36 Å². The minimum Gasteiger partial charge on any atom is -0.354 e. The first kappa shape index (κ1) is 18.0. The van der Waals surface area contributed by atoms with Gasteiger partial charge in [-0.1, -0.05) is 0 Å². The van der Waals surface area contributed by atoms with Crippen LogP contribution in [0.2, 0.25) is 0 Å². The zero-order valence-electron chi connectivity index (χ0n) is 16.9. The molecule has 0 spiro atoms. The van der Waals surface area contributed by atoms with E-state index in [-0.39, 0.29) is 5.56 Å². The van der Waals surface area contributed by atoms with Crippen LogP contribution in [-0.4, -0.2) is 42.8 Å². The molecule has 0 N–H and O–H groups in total. The molecule has 1 fully saturated rings. The Hall–Kier alpha value is -3.03. The van der Waals surface area contributed by atoms with Gasteiger partial charge in [0.05, 0.1) is 17.9 Å². The standard InChI is InChI=1S/C21H25N7O/c1-14-9-15(2)28(24-14)19-7-8-21(29)27(25-19)13-16-11-26(12-16)20-10-17-5-3-4-6-18(17)22-23-20/h7-10,16H,3-6,11-13H2,1-2H3. The van der Waals surface area contributed by atoms with Crippen LogP contribution in [0, 0.1) is 19.8 Å². The molecule has 0 atom stereocenters. The molecule has 0 amide bonds. The molecule has 8 nitrogen and oxygen atoms in total. The van der Waals surface area contributed by atoms with Gasteiger partial charge in [-0.15, -0.1) is 10.2 Å². The van der Waals surface area contributed by atoms with Crippen LogP contribution in [0.1, 0.15) is 35.5 Å². The number of aromatic nitrogens is 6. The van der Waals surface area contributed by atoms with Crippen LogP contribution in [0.4, 0.5) is 5.82 Å². The van der Waals surface area contributed by atoms with E-state index in [1.165, 1.54) is 18.4 Å². The van der Waals surface area contributed by atoms with E-state index in [1.807, 2.05) is 19.9 Å². The first-order valence-corrected chi connectivity index (χ1v) is 10.3. The molecule has 0 aromatic carbocycles. The molecular weight excluding hydrogens is 366 g/mol. The zero-order valence-corrected chi connectivity index (χ0v) is 16.9. The monoisotopic (exact) mass is 391 g/mol. The molecule has 1 aliphatic carbocycles. The third-order valence-electron chi connectivity index (χ3n) is 5.85. The van der Waals surface area contributed by atoms with Crippen LogP contribution in [0.25, 0.3) is 5.82 Å². The van der Waals surface area contributed by atoms with E-state index in [0.717, 1.165) is 48.8 Å². The van der Waals surface area contributed by atoms with Crippen LogP contribution in [-0.2, 0) is 19.4 Å². The molecule has 4 heterocycles. The van der Waals surface area contributed by atoms with Crippen molar-refractivity contribution in [3.8, 4) is 5.82 Å². The summed E-state index contributed by atoms with van der Waals surface area (Å²) in [4.78, 5) is 14.6. The number of rotatable bonds is 4. The third-order valence-corrected chi connectivity index (χ3v) is 5.85. The van der Waals surface area contributed by atoms with Gasteiger partial charge in [-0.3, -0.25) is 4.79 Å². The number of fused-ring (bicyclic) bond motifs is 1. The third kappa shape index (κ3) is 3.43. The number of hydrogen-bond donors (Lipinski definition) is 0. The predicted octanol–water partition coefficient (Wildman–Crippen LogP) is 1.85. The molecule has 5 rings (SSSR count). The second-order valence-electron chi connectivity index (χ2n) is 8.20. The van der Waals surface area contributed by atoms with Crippen LogP contribution in [0.3, 0.4) is 0 Å². The van der Waals surface area contributed by atoms with Crippen LogP contribution in [0.15, 0.2) is 29.1 Å². The highest BCUT2D eigenvalue weighted by molar-refractivity contribution is 5.44. The molecule has 29 heavy (non-hydrogen) atoms. The fourth-order valence-electron chi connectivity index (χ4n) is 4.29. The molecule has 1 saturated heterocycles. The van der Waals surface area contributed by atoms with E-state index in [9.17, 15) is 4.79 Å². The number of nitrogens with zero attached hydrogens (tertiary/aromatic N) is 7. The van der Waals surface area contributed by atoms with Crippen molar-refractivity contribution < 1.29 is 0 Å². The largest absolute Gasteiger partial charge is 0.354 e. The van der Waals surface area contributed by atoms with E-state index >= 15 is 0 Å². The molecule has 150 valence electrons. The Labute approximate surface area is 169 Å². The van der Waals surface area contributed by atoms with Crippen molar-refractivity contribution in [1.29, 1.82) is 0 Å². The summed E-state index contributed by atoms with van der Waals surface area (Å²) in [6, 6.07) is 7.50.